The van der Waals surface area contributed by atoms with Crippen LogP contribution < -0.4 is 15.7 Å². The molecule has 2 heterocycles. The zero-order chi connectivity index (χ0) is 19.7. The third-order valence-electron chi connectivity index (χ3n) is 4.24. The first-order chi connectivity index (χ1) is 13.6. The topological polar surface area (TPSA) is 81.4 Å². The quantitative estimate of drug-likeness (QED) is 0.464. The van der Waals surface area contributed by atoms with Gasteiger partial charge in [0.05, 0.1) is 23.4 Å². The van der Waals surface area contributed by atoms with Gasteiger partial charge < -0.3 is 14.5 Å². The van der Waals surface area contributed by atoms with Crippen molar-refractivity contribution in [3.05, 3.63) is 75.2 Å². The zero-order valence-corrected chi connectivity index (χ0v) is 16.4. The fraction of sp³-hybridized carbons (Fsp3) is 0.0952. The van der Waals surface area contributed by atoms with Crippen molar-refractivity contribution in [2.24, 2.45) is 0 Å². The molecule has 6 nitrogen and oxygen atoms in total. The second-order valence-corrected chi connectivity index (χ2v) is 6.87. The maximum Gasteiger partial charge on any atom is 0.337 e. The van der Waals surface area contributed by atoms with Crippen molar-refractivity contribution in [1.82, 2.24) is 4.98 Å². The van der Waals surface area contributed by atoms with Crippen LogP contribution in [0.5, 0.6) is 5.75 Å². The summed E-state index contributed by atoms with van der Waals surface area (Å²) >= 11 is 3.49. The van der Waals surface area contributed by atoms with Gasteiger partial charge >= 0.3 is 5.63 Å². The molecule has 7 heteroatoms. The maximum absolute atomic E-state index is 13.0. The third kappa shape index (κ3) is 3.36. The van der Waals surface area contributed by atoms with Gasteiger partial charge in [-0.15, -0.1) is 0 Å². The largest absolute Gasteiger partial charge is 0.494 e. The molecule has 4 aromatic rings. The molecule has 0 aliphatic heterocycles. The van der Waals surface area contributed by atoms with E-state index in [-0.39, 0.29) is 5.56 Å². The molecule has 2 aromatic carbocycles. The molecule has 0 radical (unpaired) electrons. The Kier molecular flexibility index (Phi) is 4.83. The van der Waals surface area contributed by atoms with E-state index in [0.29, 0.717) is 34.5 Å². The molecule has 140 valence electrons. The molecular weight excluding hydrogens is 424 g/mol. The van der Waals surface area contributed by atoms with E-state index >= 15 is 0 Å². The fourth-order valence-electron chi connectivity index (χ4n) is 3.02. The number of nitrogens with one attached hydrogen (secondary N) is 1. The SMILES string of the molecule is CCOc1ccc2c(C(=O)Nc3ccc(Br)c4cccnc34)cc(=O)oc2c1. The smallest absolute Gasteiger partial charge is 0.337 e. The van der Waals surface area contributed by atoms with Gasteiger partial charge in [-0.05, 0) is 37.3 Å². The van der Waals surface area contributed by atoms with Gasteiger partial charge in [0.15, 0.2) is 0 Å². The molecule has 1 N–H and O–H groups in total. The summed E-state index contributed by atoms with van der Waals surface area (Å²) in [6.45, 7) is 2.35. The first kappa shape index (κ1) is 18.2. The first-order valence-corrected chi connectivity index (χ1v) is 9.41. The number of nitrogens with zero attached hydrogens (tertiary/aromatic N) is 1. The lowest BCUT2D eigenvalue weighted by Crippen LogP contribution is -2.15. The molecule has 0 unspecified atom stereocenters. The predicted octanol–water partition coefficient (Wildman–Crippen LogP) is 4.75. The number of pyridine rings is 1. The van der Waals surface area contributed by atoms with Crippen LogP contribution in [0.25, 0.3) is 21.9 Å². The molecule has 4 rings (SSSR count). The van der Waals surface area contributed by atoms with Crippen LogP contribution in [0.3, 0.4) is 0 Å². The van der Waals surface area contributed by atoms with Gasteiger partial charge in [0.1, 0.15) is 11.3 Å². The van der Waals surface area contributed by atoms with Crippen molar-refractivity contribution < 1.29 is 13.9 Å². The van der Waals surface area contributed by atoms with E-state index in [2.05, 4.69) is 26.2 Å². The monoisotopic (exact) mass is 438 g/mol. The average Bonchev–Trinajstić information content (AvgIpc) is 2.69. The third-order valence-corrected chi connectivity index (χ3v) is 4.93. The summed E-state index contributed by atoms with van der Waals surface area (Å²) < 4.78 is 11.6. The highest BCUT2D eigenvalue weighted by Gasteiger charge is 2.16. The summed E-state index contributed by atoms with van der Waals surface area (Å²) in [4.78, 5) is 29.3. The van der Waals surface area contributed by atoms with Gasteiger partial charge in [-0.3, -0.25) is 9.78 Å². The molecule has 0 spiro atoms. The maximum atomic E-state index is 13.0. The molecule has 0 aliphatic carbocycles. The first-order valence-electron chi connectivity index (χ1n) is 8.62. The number of hydrogen-bond acceptors (Lipinski definition) is 5. The Labute approximate surface area is 168 Å². The lowest BCUT2D eigenvalue weighted by atomic mass is 10.1. The molecular formula is C21H15BrN2O4. The standard InChI is InChI=1S/C21H15BrN2O4/c1-2-27-12-5-6-13-15(11-19(25)28-18(13)10-12)21(26)24-17-8-7-16(22)14-4-3-9-23-20(14)17/h3-11H,2H2,1H3,(H,24,26). The van der Waals surface area contributed by atoms with E-state index in [1.54, 1.807) is 30.5 Å². The van der Waals surface area contributed by atoms with Crippen molar-refractivity contribution in [2.75, 3.05) is 11.9 Å². The van der Waals surface area contributed by atoms with E-state index in [9.17, 15) is 9.59 Å². The molecule has 2 aromatic heterocycles. The number of benzene rings is 2. The van der Waals surface area contributed by atoms with Crippen LogP contribution in [0.2, 0.25) is 0 Å². The average molecular weight is 439 g/mol. The number of carbonyl (C=O) groups is 1. The molecule has 0 atom stereocenters. The van der Waals surface area contributed by atoms with Crippen LogP contribution in [0.1, 0.15) is 17.3 Å². The highest BCUT2D eigenvalue weighted by Crippen LogP contribution is 2.29. The number of fused-ring (bicyclic) bond motifs is 2. The number of hydrogen-bond donors (Lipinski definition) is 1. The van der Waals surface area contributed by atoms with Gasteiger partial charge in [0.25, 0.3) is 5.91 Å². The van der Waals surface area contributed by atoms with Gasteiger partial charge in [0, 0.05) is 33.6 Å². The highest BCUT2D eigenvalue weighted by molar-refractivity contribution is 9.10. The summed E-state index contributed by atoms with van der Waals surface area (Å²) in [7, 11) is 0. The Hall–Kier alpha value is -3.19. The lowest BCUT2D eigenvalue weighted by Gasteiger charge is -2.11. The Bertz CT molecular complexity index is 1270. The summed E-state index contributed by atoms with van der Waals surface area (Å²) in [6, 6.07) is 13.6. The molecule has 0 saturated carbocycles. The van der Waals surface area contributed by atoms with Crippen LogP contribution in [0.15, 0.2) is 68.4 Å². The molecule has 0 fully saturated rings. The predicted molar refractivity (Wildman–Crippen MR) is 111 cm³/mol. The molecule has 0 aliphatic rings. The van der Waals surface area contributed by atoms with Crippen molar-refractivity contribution in [3.8, 4) is 5.75 Å². The van der Waals surface area contributed by atoms with Gasteiger partial charge in [-0.2, -0.15) is 0 Å². The van der Waals surface area contributed by atoms with Gasteiger partial charge in [-0.25, -0.2) is 4.79 Å². The Balaban J connectivity index is 1.78. The van der Waals surface area contributed by atoms with Crippen LogP contribution in [0, 0.1) is 0 Å². The van der Waals surface area contributed by atoms with Crippen molar-refractivity contribution in [1.29, 1.82) is 0 Å². The zero-order valence-electron chi connectivity index (χ0n) is 14.9. The van der Waals surface area contributed by atoms with E-state index < -0.39 is 11.5 Å². The van der Waals surface area contributed by atoms with Crippen LogP contribution in [-0.4, -0.2) is 17.5 Å². The van der Waals surface area contributed by atoms with Gasteiger partial charge in [-0.1, -0.05) is 22.0 Å². The number of ether oxygens (including phenoxy) is 1. The van der Waals surface area contributed by atoms with Crippen molar-refractivity contribution >= 4 is 49.4 Å². The number of halogens is 1. The molecule has 1 amide bonds. The minimum absolute atomic E-state index is 0.223. The lowest BCUT2D eigenvalue weighted by molar-refractivity contribution is 0.102. The number of rotatable bonds is 4. The summed E-state index contributed by atoms with van der Waals surface area (Å²) in [5, 5.41) is 4.25. The minimum Gasteiger partial charge on any atom is -0.494 e. The van der Waals surface area contributed by atoms with E-state index in [1.807, 2.05) is 25.1 Å². The number of carbonyl (C=O) groups excluding carboxylic acids is 1. The number of aromatic nitrogens is 1. The summed E-state index contributed by atoms with van der Waals surface area (Å²) in [6.07, 6.45) is 1.66. The molecule has 0 saturated heterocycles. The van der Waals surface area contributed by atoms with E-state index in [1.165, 1.54) is 6.07 Å². The van der Waals surface area contributed by atoms with Gasteiger partial charge in [0.2, 0.25) is 0 Å². The van der Waals surface area contributed by atoms with Crippen LogP contribution >= 0.6 is 15.9 Å². The second kappa shape index (κ2) is 7.44. The van der Waals surface area contributed by atoms with Crippen LogP contribution in [-0.2, 0) is 0 Å². The minimum atomic E-state index is -0.606. The number of anilines is 1. The van der Waals surface area contributed by atoms with Crippen LogP contribution in [0.4, 0.5) is 5.69 Å². The molecule has 28 heavy (non-hydrogen) atoms. The summed E-state index contributed by atoms with van der Waals surface area (Å²) in [5.74, 6) is 0.148. The normalized spacial score (nSPS) is 10.9. The highest BCUT2D eigenvalue weighted by atomic mass is 79.9. The Morgan fingerprint density at radius 2 is 2.04 bits per heavy atom. The Morgan fingerprint density at radius 1 is 1.18 bits per heavy atom. The van der Waals surface area contributed by atoms with E-state index in [4.69, 9.17) is 9.15 Å². The van der Waals surface area contributed by atoms with Crippen molar-refractivity contribution in [3.63, 3.8) is 0 Å². The number of amides is 1. The second-order valence-electron chi connectivity index (χ2n) is 6.02. The van der Waals surface area contributed by atoms with Crippen molar-refractivity contribution in [2.45, 2.75) is 6.92 Å². The summed E-state index contributed by atoms with van der Waals surface area (Å²) in [5.41, 5.74) is 1.11. The van der Waals surface area contributed by atoms with E-state index in [0.717, 1.165) is 9.86 Å². The fourth-order valence-corrected chi connectivity index (χ4v) is 3.47. The Morgan fingerprint density at radius 3 is 2.86 bits per heavy atom. The molecule has 0 bridgehead atoms.